The molecule has 1 atom stereocenters. The number of amides is 1. The van der Waals surface area contributed by atoms with Gasteiger partial charge in [0.2, 0.25) is 5.91 Å². The second-order valence-electron chi connectivity index (χ2n) is 5.84. The molecule has 5 nitrogen and oxygen atoms in total. The molecule has 1 fully saturated rings. The number of unbranched alkanes of at least 4 members (excludes halogenated alkanes) is 1. The Labute approximate surface area is 132 Å². The van der Waals surface area contributed by atoms with Crippen molar-refractivity contribution in [2.45, 2.75) is 25.8 Å². The Balaban J connectivity index is 1.61. The van der Waals surface area contributed by atoms with Crippen molar-refractivity contribution in [2.24, 2.45) is 5.73 Å². The second-order valence-corrected chi connectivity index (χ2v) is 5.84. The van der Waals surface area contributed by atoms with Crippen molar-refractivity contribution >= 4 is 5.91 Å². The molecule has 1 unspecified atom stereocenters. The number of ether oxygens (including phenoxy) is 1. The summed E-state index contributed by atoms with van der Waals surface area (Å²) in [4.78, 5) is 14.4. The summed E-state index contributed by atoms with van der Waals surface area (Å²) in [6.07, 6.45) is 2.06. The van der Waals surface area contributed by atoms with Gasteiger partial charge in [0.15, 0.2) is 0 Å². The summed E-state index contributed by atoms with van der Waals surface area (Å²) in [5, 5.41) is 2.93. The average Bonchev–Trinajstić information content (AvgIpc) is 2.55. The van der Waals surface area contributed by atoms with Gasteiger partial charge < -0.3 is 15.8 Å². The molecule has 2 rings (SSSR count). The fraction of sp³-hybridized carbons (Fsp3) is 0.588. The average molecular weight is 305 g/mol. The summed E-state index contributed by atoms with van der Waals surface area (Å²) in [6, 6.07) is 7.20. The van der Waals surface area contributed by atoms with E-state index in [-0.39, 0.29) is 5.91 Å². The van der Waals surface area contributed by atoms with E-state index in [4.69, 9.17) is 10.5 Å². The van der Waals surface area contributed by atoms with E-state index >= 15 is 0 Å². The van der Waals surface area contributed by atoms with Crippen molar-refractivity contribution in [1.82, 2.24) is 10.2 Å². The minimum absolute atomic E-state index is 0.102. The zero-order valence-corrected chi connectivity index (χ0v) is 13.4. The van der Waals surface area contributed by atoms with E-state index < -0.39 is 6.04 Å². The van der Waals surface area contributed by atoms with Crippen LogP contribution >= 0.6 is 0 Å². The molecule has 0 aromatic heterocycles. The van der Waals surface area contributed by atoms with Crippen molar-refractivity contribution in [3.05, 3.63) is 35.4 Å². The number of benzene rings is 1. The SMILES string of the molecule is Cc1ccc(C(N)C(=O)NCCCCN2CCOCC2)cc1. The van der Waals surface area contributed by atoms with Gasteiger partial charge in [0.1, 0.15) is 6.04 Å². The second kappa shape index (κ2) is 8.88. The van der Waals surface area contributed by atoms with Crippen molar-refractivity contribution < 1.29 is 9.53 Å². The topological polar surface area (TPSA) is 67.6 Å². The molecular formula is C17H27N3O2. The Morgan fingerprint density at radius 3 is 2.64 bits per heavy atom. The smallest absolute Gasteiger partial charge is 0.241 e. The maximum atomic E-state index is 12.0. The van der Waals surface area contributed by atoms with Gasteiger partial charge in [0.05, 0.1) is 13.2 Å². The monoisotopic (exact) mass is 305 g/mol. The molecule has 22 heavy (non-hydrogen) atoms. The highest BCUT2D eigenvalue weighted by Crippen LogP contribution is 2.11. The maximum Gasteiger partial charge on any atom is 0.241 e. The molecular weight excluding hydrogens is 278 g/mol. The molecule has 1 amide bonds. The third kappa shape index (κ3) is 5.40. The third-order valence-electron chi connectivity index (χ3n) is 4.02. The Bertz CT molecular complexity index is 455. The van der Waals surface area contributed by atoms with E-state index in [1.165, 1.54) is 5.56 Å². The molecule has 0 spiro atoms. The maximum absolute atomic E-state index is 12.0. The van der Waals surface area contributed by atoms with Gasteiger partial charge in [-0.05, 0) is 31.9 Å². The highest BCUT2D eigenvalue weighted by molar-refractivity contribution is 5.82. The first-order chi connectivity index (χ1) is 10.7. The third-order valence-corrected chi connectivity index (χ3v) is 4.02. The zero-order chi connectivity index (χ0) is 15.8. The molecule has 0 bridgehead atoms. The molecule has 1 aromatic rings. The predicted octanol–water partition coefficient (Wildman–Crippen LogP) is 1.22. The Morgan fingerprint density at radius 2 is 1.95 bits per heavy atom. The quantitative estimate of drug-likeness (QED) is 0.743. The molecule has 3 N–H and O–H groups in total. The van der Waals surface area contributed by atoms with E-state index in [9.17, 15) is 4.79 Å². The fourth-order valence-corrected chi connectivity index (χ4v) is 2.53. The molecule has 1 saturated heterocycles. The number of hydrogen-bond donors (Lipinski definition) is 2. The Morgan fingerprint density at radius 1 is 1.27 bits per heavy atom. The molecule has 1 aliphatic heterocycles. The molecule has 5 heteroatoms. The number of nitrogens with two attached hydrogens (primary N) is 1. The molecule has 1 aromatic carbocycles. The van der Waals surface area contributed by atoms with Gasteiger partial charge in [-0.1, -0.05) is 29.8 Å². The largest absolute Gasteiger partial charge is 0.379 e. The van der Waals surface area contributed by atoms with E-state index in [1.807, 2.05) is 31.2 Å². The molecule has 0 saturated carbocycles. The van der Waals surface area contributed by atoms with E-state index in [0.717, 1.165) is 51.3 Å². The fourth-order valence-electron chi connectivity index (χ4n) is 2.53. The van der Waals surface area contributed by atoms with Gasteiger partial charge in [0, 0.05) is 19.6 Å². The normalized spacial score (nSPS) is 17.2. The lowest BCUT2D eigenvalue weighted by Gasteiger charge is -2.26. The van der Waals surface area contributed by atoms with Crippen molar-refractivity contribution in [3.8, 4) is 0 Å². The Hall–Kier alpha value is -1.43. The highest BCUT2D eigenvalue weighted by Gasteiger charge is 2.15. The van der Waals surface area contributed by atoms with Crippen LogP contribution in [0.4, 0.5) is 0 Å². The number of morpholine rings is 1. The van der Waals surface area contributed by atoms with Gasteiger partial charge in [-0.25, -0.2) is 0 Å². The lowest BCUT2D eigenvalue weighted by molar-refractivity contribution is -0.122. The minimum atomic E-state index is -0.583. The van der Waals surface area contributed by atoms with E-state index in [2.05, 4.69) is 10.2 Å². The van der Waals surface area contributed by atoms with Crippen molar-refractivity contribution in [3.63, 3.8) is 0 Å². The Kier molecular flexibility index (Phi) is 6.83. The summed E-state index contributed by atoms with van der Waals surface area (Å²) in [5.74, 6) is -0.102. The number of rotatable bonds is 7. The van der Waals surface area contributed by atoms with Crippen molar-refractivity contribution in [1.29, 1.82) is 0 Å². The van der Waals surface area contributed by atoms with Crippen LogP contribution in [0.1, 0.15) is 30.0 Å². The van der Waals surface area contributed by atoms with Gasteiger partial charge in [-0.3, -0.25) is 9.69 Å². The predicted molar refractivity (Wildman–Crippen MR) is 87.6 cm³/mol. The number of hydrogen-bond acceptors (Lipinski definition) is 4. The first-order valence-electron chi connectivity index (χ1n) is 8.07. The number of nitrogens with one attached hydrogen (secondary N) is 1. The van der Waals surface area contributed by atoms with Crippen LogP contribution in [0.2, 0.25) is 0 Å². The summed E-state index contributed by atoms with van der Waals surface area (Å²) in [6.45, 7) is 7.48. The number of carbonyl (C=O) groups is 1. The van der Waals surface area contributed by atoms with Crippen LogP contribution in [0, 0.1) is 6.92 Å². The summed E-state index contributed by atoms with van der Waals surface area (Å²) < 4.78 is 5.32. The molecule has 0 aliphatic carbocycles. The first kappa shape index (κ1) is 16.9. The molecule has 1 aliphatic rings. The lowest BCUT2D eigenvalue weighted by atomic mass is 10.1. The lowest BCUT2D eigenvalue weighted by Crippen LogP contribution is -2.37. The summed E-state index contributed by atoms with van der Waals surface area (Å²) >= 11 is 0. The molecule has 1 heterocycles. The van der Waals surface area contributed by atoms with E-state index in [0.29, 0.717) is 6.54 Å². The molecule has 122 valence electrons. The van der Waals surface area contributed by atoms with Crippen LogP contribution in [0.25, 0.3) is 0 Å². The highest BCUT2D eigenvalue weighted by atomic mass is 16.5. The minimum Gasteiger partial charge on any atom is -0.379 e. The van der Waals surface area contributed by atoms with Gasteiger partial charge >= 0.3 is 0 Å². The van der Waals surface area contributed by atoms with Crippen molar-refractivity contribution in [2.75, 3.05) is 39.4 Å². The zero-order valence-electron chi connectivity index (χ0n) is 13.4. The molecule has 0 radical (unpaired) electrons. The van der Waals surface area contributed by atoms with Gasteiger partial charge in [0.25, 0.3) is 0 Å². The number of nitrogens with zero attached hydrogens (tertiary/aromatic N) is 1. The van der Waals surface area contributed by atoms with Crippen LogP contribution in [-0.4, -0.2) is 50.2 Å². The first-order valence-corrected chi connectivity index (χ1v) is 8.07. The van der Waals surface area contributed by atoms with Crippen LogP contribution in [0.15, 0.2) is 24.3 Å². The summed E-state index contributed by atoms with van der Waals surface area (Å²) in [7, 11) is 0. The standard InChI is InChI=1S/C17H27N3O2/c1-14-4-6-15(7-5-14)16(18)17(21)19-8-2-3-9-20-10-12-22-13-11-20/h4-7,16H,2-3,8-13,18H2,1H3,(H,19,21). The number of carbonyl (C=O) groups excluding carboxylic acids is 1. The van der Waals surface area contributed by atoms with Crippen LogP contribution in [0.5, 0.6) is 0 Å². The van der Waals surface area contributed by atoms with Crippen LogP contribution in [0.3, 0.4) is 0 Å². The van der Waals surface area contributed by atoms with Crippen LogP contribution < -0.4 is 11.1 Å². The van der Waals surface area contributed by atoms with Gasteiger partial charge in [-0.15, -0.1) is 0 Å². The van der Waals surface area contributed by atoms with E-state index in [1.54, 1.807) is 0 Å². The van der Waals surface area contributed by atoms with Crippen LogP contribution in [-0.2, 0) is 9.53 Å². The number of aryl methyl sites for hydroxylation is 1. The summed E-state index contributed by atoms with van der Waals surface area (Å²) in [5.41, 5.74) is 8.01. The van der Waals surface area contributed by atoms with Gasteiger partial charge in [-0.2, -0.15) is 0 Å².